The van der Waals surface area contributed by atoms with Gasteiger partial charge in [-0.05, 0) is 44.0 Å². The van der Waals surface area contributed by atoms with Crippen molar-refractivity contribution in [3.05, 3.63) is 29.3 Å². The molecule has 0 bridgehead atoms. The maximum absolute atomic E-state index is 12.0. The molecule has 0 saturated carbocycles. The molecule has 0 spiro atoms. The highest BCUT2D eigenvalue weighted by atomic mass is 35.5. The lowest BCUT2D eigenvalue weighted by atomic mass is 10.1. The molecule has 0 aromatic heterocycles. The van der Waals surface area contributed by atoms with Gasteiger partial charge in [-0.2, -0.15) is 0 Å². The van der Waals surface area contributed by atoms with Gasteiger partial charge in [-0.15, -0.1) is 12.4 Å². The summed E-state index contributed by atoms with van der Waals surface area (Å²) >= 11 is 0. The van der Waals surface area contributed by atoms with E-state index in [1.165, 1.54) is 11.1 Å². The van der Waals surface area contributed by atoms with Crippen molar-refractivity contribution in [2.45, 2.75) is 26.8 Å². The summed E-state index contributed by atoms with van der Waals surface area (Å²) in [5, 5.41) is 6.35. The van der Waals surface area contributed by atoms with E-state index < -0.39 is 0 Å². The van der Waals surface area contributed by atoms with Gasteiger partial charge in [0, 0.05) is 31.4 Å². The normalized spacial score (nSPS) is 19.2. The van der Waals surface area contributed by atoms with Crippen LogP contribution < -0.4 is 10.6 Å². The highest BCUT2D eigenvalue weighted by Crippen LogP contribution is 2.14. The third-order valence-corrected chi connectivity index (χ3v) is 3.61. The molecule has 1 saturated heterocycles. The van der Waals surface area contributed by atoms with Gasteiger partial charge in [-0.25, -0.2) is 0 Å². The molecule has 1 fully saturated rings. The summed E-state index contributed by atoms with van der Waals surface area (Å²) in [5.41, 5.74) is 3.33. The lowest BCUT2D eigenvalue weighted by molar-refractivity contribution is -0.117. The molecule has 1 unspecified atom stereocenters. The van der Waals surface area contributed by atoms with E-state index in [0.29, 0.717) is 12.6 Å². The van der Waals surface area contributed by atoms with Crippen LogP contribution >= 0.6 is 12.4 Å². The largest absolute Gasteiger partial charge is 0.325 e. The minimum atomic E-state index is 0. The smallest absolute Gasteiger partial charge is 0.238 e. The van der Waals surface area contributed by atoms with Crippen molar-refractivity contribution >= 4 is 24.0 Å². The van der Waals surface area contributed by atoms with Gasteiger partial charge in [-0.3, -0.25) is 9.69 Å². The fourth-order valence-electron chi connectivity index (χ4n) is 2.38. The van der Waals surface area contributed by atoms with Crippen LogP contribution in [0.2, 0.25) is 0 Å². The molecule has 5 heteroatoms. The first-order chi connectivity index (χ1) is 9.04. The number of hydrogen-bond donors (Lipinski definition) is 2. The fraction of sp³-hybridized carbons (Fsp3) is 0.533. The van der Waals surface area contributed by atoms with Crippen molar-refractivity contribution in [2.75, 3.05) is 31.5 Å². The second-order valence-corrected chi connectivity index (χ2v) is 5.44. The van der Waals surface area contributed by atoms with Crippen LogP contribution in [-0.4, -0.2) is 43.0 Å². The second kappa shape index (κ2) is 7.62. The summed E-state index contributed by atoms with van der Waals surface area (Å²) in [7, 11) is 0. The third kappa shape index (κ3) is 4.78. The minimum Gasteiger partial charge on any atom is -0.325 e. The van der Waals surface area contributed by atoms with E-state index in [1.807, 2.05) is 18.2 Å². The van der Waals surface area contributed by atoms with Crippen LogP contribution in [0.15, 0.2) is 18.2 Å². The van der Waals surface area contributed by atoms with E-state index in [2.05, 4.69) is 36.3 Å². The highest BCUT2D eigenvalue weighted by Gasteiger charge is 2.17. The van der Waals surface area contributed by atoms with Gasteiger partial charge < -0.3 is 10.6 Å². The molecule has 2 N–H and O–H groups in total. The Morgan fingerprint density at radius 3 is 2.80 bits per heavy atom. The van der Waals surface area contributed by atoms with Gasteiger partial charge in [0.2, 0.25) is 5.91 Å². The molecular weight excluding hydrogens is 274 g/mol. The number of carbonyl (C=O) groups is 1. The molecule has 2 rings (SSSR count). The van der Waals surface area contributed by atoms with Crippen molar-refractivity contribution in [2.24, 2.45) is 0 Å². The number of hydrogen-bond acceptors (Lipinski definition) is 3. The highest BCUT2D eigenvalue weighted by molar-refractivity contribution is 5.92. The monoisotopic (exact) mass is 297 g/mol. The molecule has 1 aliphatic rings. The summed E-state index contributed by atoms with van der Waals surface area (Å²) in [4.78, 5) is 14.2. The lowest BCUT2D eigenvalue weighted by Crippen LogP contribution is -2.51. The molecule has 20 heavy (non-hydrogen) atoms. The first-order valence-corrected chi connectivity index (χ1v) is 6.87. The SMILES string of the molecule is Cc1ccc(NC(=O)CN2CCNC(C)C2)cc1C.Cl. The fourth-order valence-corrected chi connectivity index (χ4v) is 2.38. The van der Waals surface area contributed by atoms with Crippen LogP contribution in [0.3, 0.4) is 0 Å². The van der Waals surface area contributed by atoms with Crippen molar-refractivity contribution < 1.29 is 4.79 Å². The summed E-state index contributed by atoms with van der Waals surface area (Å²) in [6.07, 6.45) is 0. The number of benzene rings is 1. The number of amides is 1. The number of carbonyl (C=O) groups excluding carboxylic acids is 1. The lowest BCUT2D eigenvalue weighted by Gasteiger charge is -2.31. The van der Waals surface area contributed by atoms with Gasteiger partial charge in [0.1, 0.15) is 0 Å². The topological polar surface area (TPSA) is 44.4 Å². The number of piperazine rings is 1. The number of rotatable bonds is 3. The summed E-state index contributed by atoms with van der Waals surface area (Å²) in [6.45, 7) is 9.57. The van der Waals surface area contributed by atoms with Crippen molar-refractivity contribution in [1.82, 2.24) is 10.2 Å². The molecule has 0 aliphatic carbocycles. The van der Waals surface area contributed by atoms with Gasteiger partial charge in [-0.1, -0.05) is 6.07 Å². The average molecular weight is 298 g/mol. The first kappa shape index (κ1) is 17.0. The third-order valence-electron chi connectivity index (χ3n) is 3.61. The van der Waals surface area contributed by atoms with Crippen LogP contribution in [0, 0.1) is 13.8 Å². The zero-order valence-electron chi connectivity index (χ0n) is 12.4. The Bertz CT molecular complexity index is 464. The molecule has 1 aromatic carbocycles. The predicted octanol–water partition coefficient (Wildman–Crippen LogP) is 1.96. The maximum atomic E-state index is 12.0. The Morgan fingerprint density at radius 2 is 2.15 bits per heavy atom. The molecule has 0 radical (unpaired) electrons. The zero-order valence-corrected chi connectivity index (χ0v) is 13.2. The Kier molecular flexibility index (Phi) is 6.46. The van der Waals surface area contributed by atoms with Crippen molar-refractivity contribution in [3.63, 3.8) is 0 Å². The minimum absolute atomic E-state index is 0. The number of anilines is 1. The predicted molar refractivity (Wildman–Crippen MR) is 85.7 cm³/mol. The van der Waals surface area contributed by atoms with E-state index in [-0.39, 0.29) is 18.3 Å². The van der Waals surface area contributed by atoms with E-state index in [9.17, 15) is 4.79 Å². The van der Waals surface area contributed by atoms with Crippen molar-refractivity contribution in [1.29, 1.82) is 0 Å². The Labute approximate surface area is 127 Å². The molecule has 1 aliphatic heterocycles. The molecule has 1 atom stereocenters. The summed E-state index contributed by atoms with van der Waals surface area (Å²) in [5.74, 6) is 0.0670. The van der Waals surface area contributed by atoms with Gasteiger partial charge in [0.05, 0.1) is 6.54 Å². The summed E-state index contributed by atoms with van der Waals surface area (Å²) < 4.78 is 0. The van der Waals surface area contributed by atoms with Gasteiger partial charge in [0.25, 0.3) is 0 Å². The molecular formula is C15H24ClN3O. The van der Waals surface area contributed by atoms with Crippen LogP contribution in [-0.2, 0) is 4.79 Å². The van der Waals surface area contributed by atoms with E-state index >= 15 is 0 Å². The van der Waals surface area contributed by atoms with Crippen LogP contribution in [0.1, 0.15) is 18.1 Å². The standard InChI is InChI=1S/C15H23N3O.ClH/c1-11-4-5-14(8-12(11)2)17-15(19)10-18-7-6-16-13(3)9-18;/h4-5,8,13,16H,6-7,9-10H2,1-3H3,(H,17,19);1H. The molecule has 112 valence electrons. The Hall–Kier alpha value is -1.10. The molecule has 1 heterocycles. The Balaban J connectivity index is 0.00000200. The number of nitrogens with one attached hydrogen (secondary N) is 2. The second-order valence-electron chi connectivity index (χ2n) is 5.44. The first-order valence-electron chi connectivity index (χ1n) is 6.87. The van der Waals surface area contributed by atoms with Crippen LogP contribution in [0.5, 0.6) is 0 Å². The quantitative estimate of drug-likeness (QED) is 0.896. The maximum Gasteiger partial charge on any atom is 0.238 e. The number of aryl methyl sites for hydroxylation is 2. The summed E-state index contributed by atoms with van der Waals surface area (Å²) in [6, 6.07) is 6.48. The average Bonchev–Trinajstić information content (AvgIpc) is 2.34. The molecule has 4 nitrogen and oxygen atoms in total. The van der Waals surface area contributed by atoms with Crippen molar-refractivity contribution in [3.8, 4) is 0 Å². The van der Waals surface area contributed by atoms with Crippen LogP contribution in [0.25, 0.3) is 0 Å². The number of nitrogens with zero attached hydrogens (tertiary/aromatic N) is 1. The van der Waals surface area contributed by atoms with Gasteiger partial charge in [0.15, 0.2) is 0 Å². The molecule has 1 amide bonds. The molecule has 1 aromatic rings. The van der Waals surface area contributed by atoms with E-state index in [1.54, 1.807) is 0 Å². The Morgan fingerprint density at radius 1 is 1.40 bits per heavy atom. The van der Waals surface area contributed by atoms with Gasteiger partial charge >= 0.3 is 0 Å². The van der Waals surface area contributed by atoms with E-state index in [4.69, 9.17) is 0 Å². The van der Waals surface area contributed by atoms with Crippen LogP contribution in [0.4, 0.5) is 5.69 Å². The zero-order chi connectivity index (χ0) is 13.8. The number of halogens is 1. The van der Waals surface area contributed by atoms with E-state index in [0.717, 1.165) is 25.3 Å².